The van der Waals surface area contributed by atoms with Crippen molar-refractivity contribution < 1.29 is 26.3 Å². The Morgan fingerprint density at radius 1 is 1.10 bits per heavy atom. The van der Waals surface area contributed by atoms with Crippen LogP contribution in [0.25, 0.3) is 10.9 Å². The number of nitrogens with zero attached hydrogens (tertiary/aromatic N) is 2. The van der Waals surface area contributed by atoms with Gasteiger partial charge in [0, 0.05) is 42.0 Å². The van der Waals surface area contributed by atoms with Crippen molar-refractivity contribution in [2.24, 2.45) is 0 Å². The van der Waals surface area contributed by atoms with Crippen molar-refractivity contribution in [3.63, 3.8) is 0 Å². The molecule has 2 aliphatic rings. The number of methoxy groups -OCH3 is 1. The van der Waals surface area contributed by atoms with Crippen LogP contribution in [0.1, 0.15) is 31.4 Å². The van der Waals surface area contributed by atoms with Gasteiger partial charge in [0.2, 0.25) is 0 Å². The standard InChI is InChI=1S/C29H33F3N4O3S/c1-39-28-18-23(40(2,37)38)10-11-26(28)33-13-4-6-22-17-24-25(8-3-9-27(24)36(22)19-29(30,31)32)34-20-12-15-35-14-5-7-21(35)16-20/h3,8-11,17-18,20-21,33-34H,5,7,12-16,19H2,1-2H3. The molecule has 11 heteroatoms. The molecule has 7 nitrogen and oxygen atoms in total. The maximum atomic E-state index is 13.6. The second-order valence-electron chi connectivity index (χ2n) is 10.5. The molecule has 0 saturated carbocycles. The van der Waals surface area contributed by atoms with Gasteiger partial charge in [0.1, 0.15) is 12.3 Å². The fourth-order valence-corrected chi connectivity index (χ4v) is 6.40. The summed E-state index contributed by atoms with van der Waals surface area (Å²) in [6.07, 6.45) is 1.16. The molecule has 2 N–H and O–H groups in total. The van der Waals surface area contributed by atoms with Gasteiger partial charge < -0.3 is 24.8 Å². The number of alkyl halides is 3. The first-order chi connectivity index (χ1) is 19.0. The number of ether oxygens (including phenoxy) is 1. The first kappa shape index (κ1) is 28.2. The number of nitrogens with one attached hydrogen (secondary N) is 2. The lowest BCUT2D eigenvalue weighted by molar-refractivity contribution is -0.140. The fourth-order valence-electron chi connectivity index (χ4n) is 5.76. The topological polar surface area (TPSA) is 75.6 Å². The number of anilines is 2. The number of rotatable bonds is 7. The van der Waals surface area contributed by atoms with E-state index in [1.807, 2.05) is 6.07 Å². The Morgan fingerprint density at radius 3 is 2.67 bits per heavy atom. The number of fused-ring (bicyclic) bond motifs is 2. The van der Waals surface area contributed by atoms with Crippen LogP contribution >= 0.6 is 0 Å². The van der Waals surface area contributed by atoms with Crippen LogP contribution in [-0.2, 0) is 16.4 Å². The van der Waals surface area contributed by atoms with E-state index in [9.17, 15) is 21.6 Å². The van der Waals surface area contributed by atoms with E-state index in [0.29, 0.717) is 23.0 Å². The molecule has 2 aromatic carbocycles. The van der Waals surface area contributed by atoms with E-state index < -0.39 is 22.6 Å². The molecule has 2 aliphatic heterocycles. The average Bonchev–Trinajstić information content (AvgIpc) is 3.50. The predicted octanol–water partition coefficient (Wildman–Crippen LogP) is 5.12. The Hall–Kier alpha value is -3.36. The van der Waals surface area contributed by atoms with Gasteiger partial charge in [-0.1, -0.05) is 12.0 Å². The number of halogens is 3. The minimum Gasteiger partial charge on any atom is -0.495 e. The van der Waals surface area contributed by atoms with E-state index in [1.54, 1.807) is 24.3 Å². The zero-order valence-electron chi connectivity index (χ0n) is 22.5. The molecule has 214 valence electrons. The van der Waals surface area contributed by atoms with Crippen molar-refractivity contribution in [2.45, 2.75) is 55.4 Å². The summed E-state index contributed by atoms with van der Waals surface area (Å²) in [6.45, 7) is 1.17. The number of hydrogen-bond donors (Lipinski definition) is 2. The van der Waals surface area contributed by atoms with Gasteiger partial charge in [-0.25, -0.2) is 8.42 Å². The van der Waals surface area contributed by atoms with Crippen LogP contribution < -0.4 is 15.4 Å². The molecule has 2 unspecified atom stereocenters. The molecule has 0 bridgehead atoms. The van der Waals surface area contributed by atoms with E-state index in [0.717, 1.165) is 43.3 Å². The lowest BCUT2D eigenvalue weighted by Crippen LogP contribution is -2.42. The van der Waals surface area contributed by atoms with Gasteiger partial charge in [-0.15, -0.1) is 0 Å². The minimum atomic E-state index is -4.41. The Morgan fingerprint density at radius 2 is 1.93 bits per heavy atom. The number of piperidine rings is 1. The van der Waals surface area contributed by atoms with Crippen molar-refractivity contribution in [1.29, 1.82) is 0 Å². The molecule has 2 fully saturated rings. The molecular weight excluding hydrogens is 541 g/mol. The van der Waals surface area contributed by atoms with E-state index in [-0.39, 0.29) is 23.2 Å². The molecule has 0 radical (unpaired) electrons. The van der Waals surface area contributed by atoms with Crippen LogP contribution in [0, 0.1) is 11.8 Å². The Balaban J connectivity index is 1.38. The van der Waals surface area contributed by atoms with Crippen molar-refractivity contribution in [2.75, 3.05) is 43.6 Å². The van der Waals surface area contributed by atoms with Crippen molar-refractivity contribution >= 4 is 32.1 Å². The maximum absolute atomic E-state index is 13.6. The first-order valence-corrected chi connectivity index (χ1v) is 15.2. The van der Waals surface area contributed by atoms with Gasteiger partial charge in [-0.3, -0.25) is 0 Å². The van der Waals surface area contributed by atoms with Crippen LogP contribution in [0.3, 0.4) is 0 Å². The SMILES string of the molecule is COc1cc(S(C)(=O)=O)ccc1NCC#Cc1cc2c(NC3CCN4CCCC4C3)cccc2n1CC(F)(F)F. The zero-order valence-corrected chi connectivity index (χ0v) is 23.3. The third-order valence-electron chi connectivity index (χ3n) is 7.65. The molecule has 40 heavy (non-hydrogen) atoms. The van der Waals surface area contributed by atoms with Crippen LogP contribution in [-0.4, -0.2) is 69.1 Å². The first-order valence-electron chi connectivity index (χ1n) is 13.3. The number of sulfone groups is 1. The van der Waals surface area contributed by atoms with Crippen LogP contribution in [0.2, 0.25) is 0 Å². The molecule has 3 aromatic rings. The number of aromatic nitrogens is 1. The molecule has 1 aromatic heterocycles. The van der Waals surface area contributed by atoms with Crippen molar-refractivity contribution in [3.05, 3.63) is 48.2 Å². The summed E-state index contributed by atoms with van der Waals surface area (Å²) < 4.78 is 70.9. The van der Waals surface area contributed by atoms with Gasteiger partial charge in [-0.05, 0) is 68.5 Å². The molecule has 3 heterocycles. The summed E-state index contributed by atoms with van der Waals surface area (Å²) >= 11 is 0. The third-order valence-corrected chi connectivity index (χ3v) is 8.76. The molecule has 5 rings (SSSR count). The Bertz CT molecular complexity index is 1560. The fraction of sp³-hybridized carbons (Fsp3) is 0.448. The summed E-state index contributed by atoms with van der Waals surface area (Å²) in [4.78, 5) is 2.66. The van der Waals surface area contributed by atoms with Gasteiger partial charge in [0.15, 0.2) is 9.84 Å². The lowest BCUT2D eigenvalue weighted by atomic mass is 9.97. The van der Waals surface area contributed by atoms with Gasteiger partial charge in [0.25, 0.3) is 0 Å². The molecule has 0 aliphatic carbocycles. The van der Waals surface area contributed by atoms with E-state index in [4.69, 9.17) is 4.74 Å². The second kappa shape index (κ2) is 11.3. The van der Waals surface area contributed by atoms with E-state index >= 15 is 0 Å². The summed E-state index contributed by atoms with van der Waals surface area (Å²) in [5, 5.41) is 7.39. The highest BCUT2D eigenvalue weighted by atomic mass is 32.2. The maximum Gasteiger partial charge on any atom is 0.406 e. The molecule has 2 atom stereocenters. The quantitative estimate of drug-likeness (QED) is 0.382. The predicted molar refractivity (Wildman–Crippen MR) is 151 cm³/mol. The third kappa shape index (κ3) is 6.34. The van der Waals surface area contributed by atoms with Crippen LogP contribution in [0.5, 0.6) is 5.75 Å². The smallest absolute Gasteiger partial charge is 0.406 e. The van der Waals surface area contributed by atoms with Crippen LogP contribution in [0.4, 0.5) is 24.5 Å². The molecule has 2 saturated heterocycles. The lowest BCUT2D eigenvalue weighted by Gasteiger charge is -2.35. The summed E-state index contributed by atoms with van der Waals surface area (Å²) in [6, 6.07) is 12.4. The van der Waals surface area contributed by atoms with Gasteiger partial charge in [0.05, 0.1) is 35.4 Å². The van der Waals surface area contributed by atoms with Gasteiger partial charge in [-0.2, -0.15) is 13.2 Å². The highest BCUT2D eigenvalue weighted by Crippen LogP contribution is 2.33. The normalized spacial score (nSPS) is 19.6. The largest absolute Gasteiger partial charge is 0.495 e. The molecule has 0 spiro atoms. The summed E-state index contributed by atoms with van der Waals surface area (Å²) in [5.41, 5.74) is 2.11. The zero-order chi connectivity index (χ0) is 28.5. The Kier molecular flexibility index (Phi) is 7.93. The van der Waals surface area contributed by atoms with Gasteiger partial charge >= 0.3 is 6.18 Å². The molecular formula is C29H33F3N4O3S. The average molecular weight is 575 g/mol. The number of benzene rings is 2. The summed E-state index contributed by atoms with van der Waals surface area (Å²) in [5.74, 6) is 6.15. The highest BCUT2D eigenvalue weighted by molar-refractivity contribution is 7.90. The Labute approximate surface area is 232 Å². The monoisotopic (exact) mass is 574 g/mol. The number of hydrogen-bond acceptors (Lipinski definition) is 6. The summed E-state index contributed by atoms with van der Waals surface area (Å²) in [7, 11) is -1.97. The van der Waals surface area contributed by atoms with Crippen molar-refractivity contribution in [1.82, 2.24) is 9.47 Å². The van der Waals surface area contributed by atoms with Crippen LogP contribution in [0.15, 0.2) is 47.4 Å². The molecule has 0 amide bonds. The van der Waals surface area contributed by atoms with E-state index in [1.165, 1.54) is 36.7 Å². The second-order valence-corrected chi connectivity index (χ2v) is 12.5. The highest BCUT2D eigenvalue weighted by Gasteiger charge is 2.32. The minimum absolute atomic E-state index is 0.118. The van der Waals surface area contributed by atoms with E-state index in [2.05, 4.69) is 27.4 Å². The van der Waals surface area contributed by atoms with Crippen molar-refractivity contribution in [3.8, 4) is 17.6 Å².